The summed E-state index contributed by atoms with van der Waals surface area (Å²) in [6.45, 7) is 5.30. The molecule has 2 N–H and O–H groups in total. The minimum atomic E-state index is -1.58. The number of unbranched alkanes of at least 4 members (excludes halogenated alkanes) is 3. The fraction of sp³-hybridized carbons (Fsp3) is 0.909. The van der Waals surface area contributed by atoms with Crippen molar-refractivity contribution in [3.63, 3.8) is 0 Å². The highest BCUT2D eigenvalue weighted by Crippen LogP contribution is 2.23. The van der Waals surface area contributed by atoms with Crippen molar-refractivity contribution in [1.82, 2.24) is 0 Å². The van der Waals surface area contributed by atoms with Gasteiger partial charge in [0.05, 0.1) is 0 Å². The van der Waals surface area contributed by atoms with Gasteiger partial charge in [-0.1, -0.05) is 39.5 Å². The van der Waals surface area contributed by atoms with Crippen molar-refractivity contribution < 1.29 is 15.0 Å². The van der Waals surface area contributed by atoms with Gasteiger partial charge in [-0.25, -0.2) is 4.79 Å². The van der Waals surface area contributed by atoms with E-state index >= 15 is 0 Å². The summed E-state index contributed by atoms with van der Waals surface area (Å²) >= 11 is 0. The summed E-state index contributed by atoms with van der Waals surface area (Å²) in [5, 5.41) is 18.4. The summed E-state index contributed by atoms with van der Waals surface area (Å²) < 4.78 is 0. The minimum Gasteiger partial charge on any atom is -0.479 e. The van der Waals surface area contributed by atoms with Crippen LogP contribution in [0.3, 0.4) is 0 Å². The number of carbonyl (C=O) groups is 1. The first-order chi connectivity index (χ1) is 6.42. The number of carboxylic acids is 1. The zero-order valence-corrected chi connectivity index (χ0v) is 9.42. The molecule has 0 bridgehead atoms. The molecule has 3 heteroatoms. The highest BCUT2D eigenvalue weighted by atomic mass is 16.4. The second kappa shape index (κ2) is 6.02. The van der Waals surface area contributed by atoms with Crippen molar-refractivity contribution in [2.45, 2.75) is 58.5 Å². The molecule has 0 saturated heterocycles. The molecule has 0 spiro atoms. The molecule has 0 aliphatic heterocycles. The molecule has 14 heavy (non-hydrogen) atoms. The van der Waals surface area contributed by atoms with Crippen molar-refractivity contribution >= 4 is 5.97 Å². The van der Waals surface area contributed by atoms with E-state index in [2.05, 4.69) is 6.92 Å². The zero-order chi connectivity index (χ0) is 11.2. The molecule has 0 aliphatic rings. The summed E-state index contributed by atoms with van der Waals surface area (Å²) in [5.41, 5.74) is -1.58. The predicted octanol–water partition coefficient (Wildman–Crippen LogP) is 2.43. The van der Waals surface area contributed by atoms with Crippen molar-refractivity contribution in [2.24, 2.45) is 5.92 Å². The predicted molar refractivity (Wildman–Crippen MR) is 56.2 cm³/mol. The Kier molecular flexibility index (Phi) is 5.77. The molecule has 0 saturated carbocycles. The van der Waals surface area contributed by atoms with Crippen LogP contribution >= 0.6 is 0 Å². The third-order valence-electron chi connectivity index (χ3n) is 2.88. The van der Waals surface area contributed by atoms with Crippen molar-refractivity contribution in [1.29, 1.82) is 0 Å². The third kappa shape index (κ3) is 4.09. The van der Waals surface area contributed by atoms with E-state index in [-0.39, 0.29) is 5.92 Å². The maximum Gasteiger partial charge on any atom is 0.335 e. The van der Waals surface area contributed by atoms with Gasteiger partial charge in [0.1, 0.15) is 0 Å². The monoisotopic (exact) mass is 202 g/mol. The van der Waals surface area contributed by atoms with Gasteiger partial charge in [-0.15, -0.1) is 0 Å². The topological polar surface area (TPSA) is 57.5 Å². The van der Waals surface area contributed by atoms with E-state index in [1.807, 2.05) is 0 Å². The highest BCUT2D eigenvalue weighted by molar-refractivity contribution is 5.76. The van der Waals surface area contributed by atoms with Crippen LogP contribution in [0, 0.1) is 5.92 Å². The molecule has 0 aliphatic carbocycles. The molecular formula is C11H22O3. The number of hydrogen-bond acceptors (Lipinski definition) is 2. The van der Waals surface area contributed by atoms with Crippen LogP contribution in [-0.2, 0) is 4.79 Å². The summed E-state index contributed by atoms with van der Waals surface area (Å²) in [6.07, 6.45) is 5.25. The lowest BCUT2D eigenvalue weighted by Crippen LogP contribution is -2.41. The smallest absolute Gasteiger partial charge is 0.335 e. The first kappa shape index (κ1) is 13.4. The van der Waals surface area contributed by atoms with E-state index in [1.54, 1.807) is 6.92 Å². The molecular weight excluding hydrogens is 180 g/mol. The second-order valence-electron chi connectivity index (χ2n) is 4.20. The maximum absolute atomic E-state index is 10.7. The summed E-state index contributed by atoms with van der Waals surface area (Å²) in [6, 6.07) is 0. The Morgan fingerprint density at radius 2 is 1.93 bits per heavy atom. The molecule has 84 valence electrons. The van der Waals surface area contributed by atoms with Crippen LogP contribution in [0.1, 0.15) is 52.9 Å². The molecule has 0 aromatic carbocycles. The maximum atomic E-state index is 10.7. The van der Waals surface area contributed by atoms with Gasteiger partial charge < -0.3 is 10.2 Å². The zero-order valence-electron chi connectivity index (χ0n) is 9.42. The Morgan fingerprint density at radius 1 is 1.36 bits per heavy atom. The average Bonchev–Trinajstić information content (AvgIpc) is 2.11. The van der Waals surface area contributed by atoms with Crippen LogP contribution in [0.15, 0.2) is 0 Å². The number of carboxylic acid groups (broad SMARTS) is 1. The van der Waals surface area contributed by atoms with Crippen LogP contribution in [0.2, 0.25) is 0 Å². The molecule has 3 nitrogen and oxygen atoms in total. The lowest BCUT2D eigenvalue weighted by atomic mass is 9.86. The van der Waals surface area contributed by atoms with Gasteiger partial charge in [0.25, 0.3) is 0 Å². The molecule has 0 aromatic rings. The van der Waals surface area contributed by atoms with Crippen molar-refractivity contribution in [2.75, 3.05) is 0 Å². The molecule has 0 aromatic heterocycles. The molecule has 0 heterocycles. The number of aliphatic hydroxyl groups is 1. The first-order valence-electron chi connectivity index (χ1n) is 5.38. The Morgan fingerprint density at radius 3 is 2.36 bits per heavy atom. The fourth-order valence-electron chi connectivity index (χ4n) is 1.37. The number of aliphatic carboxylic acids is 1. The number of hydrogen-bond donors (Lipinski definition) is 2. The summed E-state index contributed by atoms with van der Waals surface area (Å²) in [4.78, 5) is 10.7. The van der Waals surface area contributed by atoms with Gasteiger partial charge in [0.2, 0.25) is 0 Å². The molecule has 2 unspecified atom stereocenters. The quantitative estimate of drug-likeness (QED) is 0.623. The molecule has 2 atom stereocenters. The average molecular weight is 202 g/mol. The van der Waals surface area contributed by atoms with Crippen LogP contribution < -0.4 is 0 Å². The molecule has 0 fully saturated rings. The van der Waals surface area contributed by atoms with Gasteiger partial charge in [-0.05, 0) is 19.3 Å². The van der Waals surface area contributed by atoms with Gasteiger partial charge in [-0.2, -0.15) is 0 Å². The number of rotatable bonds is 7. The third-order valence-corrected chi connectivity index (χ3v) is 2.88. The van der Waals surface area contributed by atoms with E-state index in [0.717, 1.165) is 19.3 Å². The van der Waals surface area contributed by atoms with E-state index in [1.165, 1.54) is 19.8 Å². The van der Waals surface area contributed by atoms with E-state index in [9.17, 15) is 9.90 Å². The van der Waals surface area contributed by atoms with E-state index in [0.29, 0.717) is 0 Å². The van der Waals surface area contributed by atoms with E-state index in [4.69, 9.17) is 5.11 Å². The van der Waals surface area contributed by atoms with Gasteiger partial charge in [0, 0.05) is 0 Å². The van der Waals surface area contributed by atoms with Crippen molar-refractivity contribution in [3.8, 4) is 0 Å². The molecule has 0 radical (unpaired) electrons. The lowest BCUT2D eigenvalue weighted by Gasteiger charge is -2.25. The normalized spacial score (nSPS) is 17.4. The van der Waals surface area contributed by atoms with Crippen LogP contribution in [-0.4, -0.2) is 21.8 Å². The highest BCUT2D eigenvalue weighted by Gasteiger charge is 2.35. The lowest BCUT2D eigenvalue weighted by molar-refractivity contribution is -0.162. The van der Waals surface area contributed by atoms with Crippen molar-refractivity contribution in [3.05, 3.63) is 0 Å². The summed E-state index contributed by atoms with van der Waals surface area (Å²) in [7, 11) is 0. The van der Waals surface area contributed by atoms with Gasteiger partial charge in [-0.3, -0.25) is 0 Å². The molecule has 0 amide bonds. The Hall–Kier alpha value is -0.570. The largest absolute Gasteiger partial charge is 0.479 e. The fourth-order valence-corrected chi connectivity index (χ4v) is 1.37. The SMILES string of the molecule is CCCCCCC(C)C(C)(O)C(=O)O. The minimum absolute atomic E-state index is 0.183. The van der Waals surface area contributed by atoms with Crippen LogP contribution in [0.25, 0.3) is 0 Å². The van der Waals surface area contributed by atoms with Crippen LogP contribution in [0.5, 0.6) is 0 Å². The first-order valence-corrected chi connectivity index (χ1v) is 5.38. The Bertz CT molecular complexity index is 175. The Balaban J connectivity index is 3.83. The molecule has 0 rings (SSSR count). The standard InChI is InChI=1S/C11H22O3/c1-4-5-6-7-8-9(2)11(3,14)10(12)13/h9,14H,4-8H2,1-3H3,(H,12,13). The Labute approximate surface area is 86.1 Å². The summed E-state index contributed by atoms with van der Waals surface area (Å²) in [5.74, 6) is -1.31. The van der Waals surface area contributed by atoms with Gasteiger partial charge in [0.15, 0.2) is 5.60 Å². The van der Waals surface area contributed by atoms with Gasteiger partial charge >= 0.3 is 5.97 Å². The van der Waals surface area contributed by atoms with Crippen LogP contribution in [0.4, 0.5) is 0 Å². The second-order valence-corrected chi connectivity index (χ2v) is 4.20. The van der Waals surface area contributed by atoms with E-state index < -0.39 is 11.6 Å².